The molecule has 1 N–H and O–H groups in total. The van der Waals surface area contributed by atoms with Crippen molar-refractivity contribution in [2.24, 2.45) is 0 Å². The van der Waals surface area contributed by atoms with Gasteiger partial charge in [-0.25, -0.2) is 13.5 Å². The molecule has 194 valence electrons. The summed E-state index contributed by atoms with van der Waals surface area (Å²) >= 11 is 0. The number of fused-ring (bicyclic) bond motifs is 1. The number of para-hydroxylation sites is 1. The largest absolute Gasteiger partial charge is 0.343 e. The number of benzene rings is 3. The van der Waals surface area contributed by atoms with Crippen LogP contribution in [0.1, 0.15) is 47.9 Å². The topological polar surface area (TPSA) is 80.1 Å². The van der Waals surface area contributed by atoms with E-state index in [1.807, 2.05) is 48.5 Å². The Bertz CT molecular complexity index is 1490. The Morgan fingerprint density at radius 2 is 1.76 bits per heavy atom. The van der Waals surface area contributed by atoms with Crippen LogP contribution in [0.3, 0.4) is 0 Å². The van der Waals surface area contributed by atoms with Crippen LogP contribution in [0.15, 0.2) is 72.8 Å². The van der Waals surface area contributed by atoms with Gasteiger partial charge in [-0.3, -0.25) is 9.59 Å². The molecule has 9 heteroatoms. The summed E-state index contributed by atoms with van der Waals surface area (Å²) < 4.78 is 31.0. The maximum atomic E-state index is 14.9. The number of carbonyl (C=O) groups excluding carboxylic acids is 2. The number of hydrogen-bond acceptors (Lipinski definition) is 4. The van der Waals surface area contributed by atoms with E-state index < -0.39 is 30.1 Å². The van der Waals surface area contributed by atoms with Crippen LogP contribution in [0.5, 0.6) is 0 Å². The summed E-state index contributed by atoms with van der Waals surface area (Å²) in [5.74, 6) is -0.934. The van der Waals surface area contributed by atoms with Crippen molar-refractivity contribution < 1.29 is 18.4 Å². The number of aromatic nitrogens is 3. The highest BCUT2D eigenvalue weighted by atomic mass is 19.1. The van der Waals surface area contributed by atoms with Gasteiger partial charge in [0, 0.05) is 6.42 Å². The van der Waals surface area contributed by atoms with Crippen molar-refractivity contribution in [3.05, 3.63) is 95.3 Å². The van der Waals surface area contributed by atoms with Gasteiger partial charge in [-0.2, -0.15) is 0 Å². The Morgan fingerprint density at radius 1 is 1.00 bits per heavy atom. The first-order valence-electron chi connectivity index (χ1n) is 12.8. The molecule has 6 rings (SSSR count). The Balaban J connectivity index is 1.24. The summed E-state index contributed by atoms with van der Waals surface area (Å²) in [6, 6.07) is 19.9. The van der Waals surface area contributed by atoms with E-state index in [1.54, 1.807) is 18.2 Å². The molecule has 3 unspecified atom stereocenters. The van der Waals surface area contributed by atoms with E-state index in [4.69, 9.17) is 0 Å². The van der Waals surface area contributed by atoms with Crippen molar-refractivity contribution in [2.45, 2.75) is 50.0 Å². The highest BCUT2D eigenvalue weighted by molar-refractivity contribution is 5.89. The highest BCUT2D eigenvalue weighted by Crippen LogP contribution is 2.42. The standard InChI is InChI=1S/C29H27F2N5O2/c30-21-15-26(35(16-21)27(37)17-36-25-9-5-4-8-24(25)33-34-36)29(38)32-28(19-6-2-1-3-7-19)20-12-13-22(18-10-11-18)23(31)14-20/h1-9,12-14,18,21,26,28H,10-11,15-17H2,(H,32,38). The fourth-order valence-electron chi connectivity index (χ4n) is 5.25. The SMILES string of the molecule is O=C(NC(c1ccccc1)c1ccc(C2CC2)c(F)c1)C1CC(F)CN1C(=O)Cn1nnc2ccccc21. The van der Waals surface area contributed by atoms with Crippen LogP contribution >= 0.6 is 0 Å². The molecule has 2 aliphatic rings. The molecule has 1 aromatic heterocycles. The smallest absolute Gasteiger partial charge is 0.245 e. The van der Waals surface area contributed by atoms with Crippen LogP contribution in [-0.2, 0) is 16.1 Å². The van der Waals surface area contributed by atoms with Gasteiger partial charge in [0.25, 0.3) is 0 Å². The number of nitrogens with zero attached hydrogens (tertiary/aromatic N) is 4. The zero-order chi connectivity index (χ0) is 26.2. The predicted molar refractivity (Wildman–Crippen MR) is 137 cm³/mol. The second-order valence-corrected chi connectivity index (χ2v) is 10.0. The van der Waals surface area contributed by atoms with Crippen LogP contribution in [0, 0.1) is 5.82 Å². The first-order valence-corrected chi connectivity index (χ1v) is 12.8. The third-order valence-electron chi connectivity index (χ3n) is 7.37. The van der Waals surface area contributed by atoms with Crippen molar-refractivity contribution in [1.82, 2.24) is 25.2 Å². The van der Waals surface area contributed by atoms with Gasteiger partial charge in [-0.15, -0.1) is 5.10 Å². The first kappa shape index (κ1) is 24.2. The third kappa shape index (κ3) is 4.76. The Hall–Kier alpha value is -4.14. The molecule has 1 saturated heterocycles. The van der Waals surface area contributed by atoms with E-state index in [2.05, 4.69) is 15.6 Å². The summed E-state index contributed by atoms with van der Waals surface area (Å²) in [7, 11) is 0. The van der Waals surface area contributed by atoms with E-state index in [-0.39, 0.29) is 31.2 Å². The summed E-state index contributed by atoms with van der Waals surface area (Å²) in [6.07, 6.45) is 0.532. The zero-order valence-electron chi connectivity index (χ0n) is 20.6. The summed E-state index contributed by atoms with van der Waals surface area (Å²) in [4.78, 5) is 28.1. The van der Waals surface area contributed by atoms with Crippen LogP contribution in [0.2, 0.25) is 0 Å². The molecule has 0 spiro atoms. The molecular formula is C29H27F2N5O2. The molecule has 0 bridgehead atoms. The number of halogens is 2. The van der Waals surface area contributed by atoms with Crippen LogP contribution in [0.25, 0.3) is 11.0 Å². The molecule has 2 heterocycles. The molecule has 2 amide bonds. The lowest BCUT2D eigenvalue weighted by molar-refractivity contribution is -0.139. The first-order chi connectivity index (χ1) is 18.5. The molecule has 2 fully saturated rings. The molecule has 38 heavy (non-hydrogen) atoms. The Morgan fingerprint density at radius 3 is 2.53 bits per heavy atom. The van der Waals surface area contributed by atoms with Crippen LogP contribution in [-0.4, -0.2) is 50.5 Å². The number of rotatable bonds is 7. The minimum atomic E-state index is -1.33. The summed E-state index contributed by atoms with van der Waals surface area (Å²) in [5.41, 5.74) is 3.37. The van der Waals surface area contributed by atoms with E-state index in [0.717, 1.165) is 18.4 Å². The number of likely N-dealkylation sites (tertiary alicyclic amines) is 1. The van der Waals surface area contributed by atoms with Gasteiger partial charge in [-0.1, -0.05) is 59.8 Å². The number of hydrogen-bond donors (Lipinski definition) is 1. The molecule has 3 aromatic carbocycles. The van der Waals surface area contributed by atoms with Gasteiger partial charge < -0.3 is 10.2 Å². The molecule has 1 aliphatic heterocycles. The monoisotopic (exact) mass is 515 g/mol. The lowest BCUT2D eigenvalue weighted by Gasteiger charge is -2.27. The average molecular weight is 516 g/mol. The Kier molecular flexibility index (Phi) is 6.35. The molecule has 3 atom stereocenters. The van der Waals surface area contributed by atoms with Crippen LogP contribution < -0.4 is 5.32 Å². The van der Waals surface area contributed by atoms with Crippen LogP contribution in [0.4, 0.5) is 8.78 Å². The van der Waals surface area contributed by atoms with Crippen molar-refractivity contribution in [1.29, 1.82) is 0 Å². The van der Waals surface area contributed by atoms with Gasteiger partial charge in [-0.05, 0) is 53.6 Å². The van der Waals surface area contributed by atoms with E-state index in [1.165, 1.54) is 15.6 Å². The van der Waals surface area contributed by atoms with Crippen molar-refractivity contribution >= 4 is 22.8 Å². The lowest BCUT2D eigenvalue weighted by atomic mass is 9.96. The van der Waals surface area contributed by atoms with Gasteiger partial charge >= 0.3 is 0 Å². The van der Waals surface area contributed by atoms with Gasteiger partial charge in [0.15, 0.2) is 0 Å². The fourth-order valence-corrected chi connectivity index (χ4v) is 5.25. The maximum absolute atomic E-state index is 14.9. The molecule has 1 aliphatic carbocycles. The quantitative estimate of drug-likeness (QED) is 0.398. The predicted octanol–water partition coefficient (Wildman–Crippen LogP) is 4.29. The number of carbonyl (C=O) groups is 2. The summed E-state index contributed by atoms with van der Waals surface area (Å²) in [5, 5.41) is 11.1. The Labute approximate surface area is 218 Å². The number of amides is 2. The minimum Gasteiger partial charge on any atom is -0.343 e. The van der Waals surface area contributed by atoms with Gasteiger partial charge in [0.05, 0.1) is 18.1 Å². The number of alkyl halides is 1. The lowest BCUT2D eigenvalue weighted by Crippen LogP contribution is -2.48. The maximum Gasteiger partial charge on any atom is 0.245 e. The molecular weight excluding hydrogens is 488 g/mol. The second-order valence-electron chi connectivity index (χ2n) is 10.0. The van der Waals surface area contributed by atoms with Gasteiger partial charge in [0.1, 0.15) is 30.1 Å². The van der Waals surface area contributed by atoms with Crippen molar-refractivity contribution in [3.63, 3.8) is 0 Å². The number of nitrogens with one attached hydrogen (secondary N) is 1. The average Bonchev–Trinajstić information content (AvgIpc) is 3.58. The third-order valence-corrected chi connectivity index (χ3v) is 7.37. The molecule has 4 aromatic rings. The van der Waals surface area contributed by atoms with Crippen molar-refractivity contribution in [2.75, 3.05) is 6.54 Å². The fraction of sp³-hybridized carbons (Fsp3) is 0.310. The summed E-state index contributed by atoms with van der Waals surface area (Å²) in [6.45, 7) is -0.336. The molecule has 7 nitrogen and oxygen atoms in total. The zero-order valence-corrected chi connectivity index (χ0v) is 20.6. The molecule has 1 saturated carbocycles. The van der Waals surface area contributed by atoms with Gasteiger partial charge in [0.2, 0.25) is 11.8 Å². The van der Waals surface area contributed by atoms with Crippen molar-refractivity contribution in [3.8, 4) is 0 Å². The van der Waals surface area contributed by atoms with E-state index in [9.17, 15) is 18.4 Å². The van der Waals surface area contributed by atoms with E-state index in [0.29, 0.717) is 22.2 Å². The molecule has 0 radical (unpaired) electrons. The van der Waals surface area contributed by atoms with E-state index >= 15 is 0 Å². The normalized spacial score (nSPS) is 20.0. The highest BCUT2D eigenvalue weighted by Gasteiger charge is 2.40. The minimum absolute atomic E-state index is 0.105. The second kappa shape index (κ2) is 9.96.